The first kappa shape index (κ1) is 25.4. The molecule has 0 saturated heterocycles. The molecule has 0 saturated carbocycles. The Morgan fingerprint density at radius 3 is 2.17 bits per heavy atom. The summed E-state index contributed by atoms with van der Waals surface area (Å²) in [7, 11) is 0. The third-order valence-electron chi connectivity index (χ3n) is 6.00. The van der Waals surface area contributed by atoms with Crippen LogP contribution in [0.3, 0.4) is 0 Å². The van der Waals surface area contributed by atoms with E-state index in [9.17, 15) is 26.3 Å². The average Bonchev–Trinajstić information content (AvgIpc) is 2.84. The van der Waals surface area contributed by atoms with E-state index in [4.69, 9.17) is 0 Å². The summed E-state index contributed by atoms with van der Waals surface area (Å²) >= 11 is 0. The molecule has 0 N–H and O–H groups in total. The number of rotatable bonds is 6. The van der Waals surface area contributed by atoms with E-state index in [1.807, 2.05) is 6.07 Å². The lowest BCUT2D eigenvalue weighted by molar-refractivity contribution is 0.451. The van der Waals surface area contributed by atoms with Gasteiger partial charge in [-0.25, -0.2) is 26.3 Å². The smallest absolute Gasteiger partial charge is 0.195 e. The van der Waals surface area contributed by atoms with Crippen LogP contribution in [0.15, 0.2) is 54.6 Å². The molecule has 0 aliphatic carbocycles. The number of unbranched alkanes of at least 4 members (excludes halogenated alkanes) is 3. The van der Waals surface area contributed by atoms with Crippen molar-refractivity contribution >= 4 is 10.8 Å². The van der Waals surface area contributed by atoms with Crippen LogP contribution in [-0.2, 0) is 6.42 Å². The van der Waals surface area contributed by atoms with Gasteiger partial charge in [0.1, 0.15) is 17.5 Å². The van der Waals surface area contributed by atoms with Crippen molar-refractivity contribution in [1.82, 2.24) is 0 Å². The molecule has 4 rings (SSSR count). The van der Waals surface area contributed by atoms with Crippen LogP contribution < -0.4 is 0 Å². The Hall–Kier alpha value is -3.72. The van der Waals surface area contributed by atoms with Gasteiger partial charge in [0.05, 0.1) is 10.9 Å². The van der Waals surface area contributed by atoms with Crippen molar-refractivity contribution in [2.24, 2.45) is 0 Å². The van der Waals surface area contributed by atoms with Crippen LogP contribution in [0.5, 0.6) is 0 Å². The quantitative estimate of drug-likeness (QED) is 0.108. The zero-order valence-corrected chi connectivity index (χ0v) is 19.5. The molecule has 184 valence electrons. The number of benzene rings is 4. The number of aryl methyl sites for hydroxylation is 1. The van der Waals surface area contributed by atoms with Crippen molar-refractivity contribution in [3.63, 3.8) is 0 Å². The SMILES string of the molecule is CCCCCCc1ccc(-c2ccc(C#Cc3cc(F)c4c(F)c(F)c(F)cc4c3)c(F)c2)c(F)c1. The predicted molar refractivity (Wildman–Crippen MR) is 129 cm³/mol. The molecule has 0 aliphatic heterocycles. The Morgan fingerprint density at radius 2 is 1.44 bits per heavy atom. The normalized spacial score (nSPS) is 11.0. The molecule has 0 bridgehead atoms. The van der Waals surface area contributed by atoms with Crippen molar-refractivity contribution < 1.29 is 26.3 Å². The van der Waals surface area contributed by atoms with Crippen molar-refractivity contribution in [3.8, 4) is 23.0 Å². The Kier molecular flexibility index (Phi) is 7.69. The first-order valence-corrected chi connectivity index (χ1v) is 11.7. The van der Waals surface area contributed by atoms with Gasteiger partial charge in [-0.2, -0.15) is 0 Å². The van der Waals surface area contributed by atoms with Gasteiger partial charge in [0.2, 0.25) is 0 Å². The largest absolute Gasteiger partial charge is 0.206 e. The summed E-state index contributed by atoms with van der Waals surface area (Å²) in [5.41, 5.74) is 1.50. The summed E-state index contributed by atoms with van der Waals surface area (Å²) in [5.74, 6) is -2.00. The first-order chi connectivity index (χ1) is 17.3. The van der Waals surface area contributed by atoms with Gasteiger partial charge in [0, 0.05) is 11.1 Å². The third-order valence-corrected chi connectivity index (χ3v) is 6.00. The van der Waals surface area contributed by atoms with E-state index in [0.29, 0.717) is 11.6 Å². The molecule has 0 radical (unpaired) electrons. The average molecular weight is 496 g/mol. The van der Waals surface area contributed by atoms with Crippen LogP contribution >= 0.6 is 0 Å². The molecule has 0 spiro atoms. The Bertz CT molecular complexity index is 1490. The molecule has 36 heavy (non-hydrogen) atoms. The Morgan fingerprint density at radius 1 is 0.639 bits per heavy atom. The van der Waals surface area contributed by atoms with Gasteiger partial charge in [-0.1, -0.05) is 56.2 Å². The molecule has 0 aromatic heterocycles. The van der Waals surface area contributed by atoms with Gasteiger partial charge in [-0.3, -0.25) is 0 Å². The van der Waals surface area contributed by atoms with Crippen LogP contribution in [0.4, 0.5) is 26.3 Å². The zero-order valence-electron chi connectivity index (χ0n) is 19.5. The van der Waals surface area contributed by atoms with E-state index in [1.165, 1.54) is 24.3 Å². The second kappa shape index (κ2) is 10.9. The summed E-state index contributed by atoms with van der Waals surface area (Å²) in [6.07, 6.45) is 5.12. The summed E-state index contributed by atoms with van der Waals surface area (Å²) in [6, 6.07) is 11.7. The van der Waals surface area contributed by atoms with Gasteiger partial charge in [-0.05, 0) is 65.8 Å². The second-order valence-electron chi connectivity index (χ2n) is 8.61. The van der Waals surface area contributed by atoms with E-state index in [2.05, 4.69) is 18.8 Å². The summed E-state index contributed by atoms with van der Waals surface area (Å²) in [6.45, 7) is 2.13. The minimum Gasteiger partial charge on any atom is -0.206 e. The third kappa shape index (κ3) is 5.41. The van der Waals surface area contributed by atoms with Gasteiger partial charge in [0.25, 0.3) is 0 Å². The topological polar surface area (TPSA) is 0 Å². The highest BCUT2D eigenvalue weighted by atomic mass is 19.2. The molecule has 4 aromatic rings. The fourth-order valence-electron chi connectivity index (χ4n) is 4.09. The van der Waals surface area contributed by atoms with Crippen LogP contribution in [0.2, 0.25) is 0 Å². The van der Waals surface area contributed by atoms with Gasteiger partial charge < -0.3 is 0 Å². The highest BCUT2D eigenvalue weighted by molar-refractivity contribution is 5.85. The molecular formula is C30H22F6. The molecule has 4 aromatic carbocycles. The highest BCUT2D eigenvalue weighted by Crippen LogP contribution is 2.28. The van der Waals surface area contributed by atoms with E-state index in [1.54, 1.807) is 6.07 Å². The van der Waals surface area contributed by atoms with Crippen LogP contribution in [-0.4, -0.2) is 0 Å². The summed E-state index contributed by atoms with van der Waals surface area (Å²) < 4.78 is 84.6. The second-order valence-corrected chi connectivity index (χ2v) is 8.61. The summed E-state index contributed by atoms with van der Waals surface area (Å²) in [5, 5.41) is -0.903. The Labute approximate surface area is 205 Å². The van der Waals surface area contributed by atoms with Crippen LogP contribution in [0, 0.1) is 46.7 Å². The van der Waals surface area contributed by atoms with Crippen molar-refractivity contribution in [3.05, 3.63) is 106 Å². The first-order valence-electron chi connectivity index (χ1n) is 11.7. The van der Waals surface area contributed by atoms with Gasteiger partial charge >= 0.3 is 0 Å². The molecule has 0 atom stereocenters. The number of hydrogen-bond donors (Lipinski definition) is 0. The molecule has 0 amide bonds. The molecule has 6 heteroatoms. The van der Waals surface area contributed by atoms with Crippen molar-refractivity contribution in [2.75, 3.05) is 0 Å². The minimum absolute atomic E-state index is 0.0226. The van der Waals surface area contributed by atoms with Gasteiger partial charge in [-0.15, -0.1) is 0 Å². The van der Waals surface area contributed by atoms with Crippen LogP contribution in [0.1, 0.15) is 49.3 Å². The number of fused-ring (bicyclic) bond motifs is 1. The van der Waals surface area contributed by atoms with E-state index < -0.39 is 40.3 Å². The maximum atomic E-state index is 14.7. The lowest BCUT2D eigenvalue weighted by Crippen LogP contribution is -1.95. The Balaban J connectivity index is 1.57. The molecule has 0 aliphatic rings. The maximum absolute atomic E-state index is 14.7. The minimum atomic E-state index is -1.76. The lowest BCUT2D eigenvalue weighted by atomic mass is 9.99. The van der Waals surface area contributed by atoms with Crippen molar-refractivity contribution in [2.45, 2.75) is 39.0 Å². The van der Waals surface area contributed by atoms with Crippen molar-refractivity contribution in [1.29, 1.82) is 0 Å². The van der Waals surface area contributed by atoms with Crippen LogP contribution in [0.25, 0.3) is 21.9 Å². The van der Waals surface area contributed by atoms with Gasteiger partial charge in [0.15, 0.2) is 17.5 Å². The highest BCUT2D eigenvalue weighted by Gasteiger charge is 2.17. The number of halogens is 6. The predicted octanol–water partition coefficient (Wildman–Crippen LogP) is 8.86. The molecule has 0 heterocycles. The standard InChI is InChI=1S/C30H22F6/c1-2-3-4-5-6-18-8-12-23(25(32)14-18)21-11-10-20(24(31)16-21)9-7-19-13-22-17-27(34)29(35)30(36)28(22)26(33)15-19/h8,10-17H,2-6H2,1H3. The maximum Gasteiger partial charge on any atom is 0.195 e. The summed E-state index contributed by atoms with van der Waals surface area (Å²) in [4.78, 5) is 0. The molecule has 0 unspecified atom stereocenters. The fourth-order valence-corrected chi connectivity index (χ4v) is 4.09. The fraction of sp³-hybridized carbons (Fsp3) is 0.200. The lowest BCUT2D eigenvalue weighted by Gasteiger charge is -2.08. The zero-order chi connectivity index (χ0) is 25.8. The molecular weight excluding hydrogens is 474 g/mol. The number of hydrogen-bond acceptors (Lipinski definition) is 0. The monoisotopic (exact) mass is 496 g/mol. The van der Waals surface area contributed by atoms with E-state index in [0.717, 1.165) is 49.8 Å². The van der Waals surface area contributed by atoms with E-state index in [-0.39, 0.29) is 22.1 Å². The van der Waals surface area contributed by atoms with E-state index >= 15 is 0 Å². The molecule has 0 nitrogen and oxygen atoms in total. The molecule has 0 fully saturated rings.